The number of fused-ring (bicyclic) bond motifs is 1. The quantitative estimate of drug-likeness (QED) is 0.582. The van der Waals surface area contributed by atoms with Crippen molar-refractivity contribution in [2.75, 3.05) is 6.54 Å². The summed E-state index contributed by atoms with van der Waals surface area (Å²) in [6, 6.07) is 15.1. The van der Waals surface area contributed by atoms with Crippen molar-refractivity contribution in [1.82, 2.24) is 9.97 Å². The average molecular weight is 349 g/mol. The summed E-state index contributed by atoms with van der Waals surface area (Å²) in [5, 5.41) is 12.0. The predicted molar refractivity (Wildman–Crippen MR) is 100 cm³/mol. The molecule has 0 spiro atoms. The van der Waals surface area contributed by atoms with Crippen LogP contribution in [-0.2, 0) is 0 Å². The molecular formula is C20H21N4O2+. The molecule has 1 N–H and O–H groups in total. The molecule has 0 saturated carbocycles. The summed E-state index contributed by atoms with van der Waals surface area (Å²) in [6.07, 6.45) is 3.66. The number of non-ortho nitro benzene ring substituents is 1. The van der Waals surface area contributed by atoms with Gasteiger partial charge in [0.1, 0.15) is 0 Å². The largest absolute Gasteiger partial charge is 0.283 e. The van der Waals surface area contributed by atoms with E-state index in [-0.39, 0.29) is 5.69 Å². The zero-order valence-electron chi connectivity index (χ0n) is 14.7. The Hall–Kier alpha value is -2.86. The average Bonchev–Trinajstić information content (AvgIpc) is 2.68. The summed E-state index contributed by atoms with van der Waals surface area (Å²) in [5.74, 6) is 1.66. The van der Waals surface area contributed by atoms with Crippen LogP contribution < -0.4 is 4.90 Å². The standard InChI is InChI=1S/C20H20N4O2/c1-14-6-4-5-13-23(14)20-17-7-2-3-8-18(17)21-19(22-20)15-9-11-16(12-10-15)24(25)26/h2-3,7-12,14H,4-6,13H2,1H3/p+1. The molecule has 132 valence electrons. The van der Waals surface area contributed by atoms with Crippen molar-refractivity contribution in [3.8, 4) is 11.4 Å². The van der Waals surface area contributed by atoms with Crippen molar-refractivity contribution in [2.24, 2.45) is 0 Å². The van der Waals surface area contributed by atoms with Gasteiger partial charge in [0.15, 0.2) is 5.82 Å². The summed E-state index contributed by atoms with van der Waals surface area (Å²) >= 11 is 0. The van der Waals surface area contributed by atoms with Gasteiger partial charge in [-0.25, -0.2) is 4.98 Å². The smallest absolute Gasteiger partial charge is 0.269 e. The molecule has 1 fully saturated rings. The molecule has 0 amide bonds. The van der Waals surface area contributed by atoms with Crippen molar-refractivity contribution in [3.05, 3.63) is 58.6 Å². The van der Waals surface area contributed by atoms with Gasteiger partial charge < -0.3 is 0 Å². The lowest BCUT2D eigenvalue weighted by Gasteiger charge is -2.29. The van der Waals surface area contributed by atoms with E-state index in [9.17, 15) is 10.1 Å². The molecule has 1 aliphatic heterocycles. The number of para-hydroxylation sites is 1. The number of nitro benzene ring substituents is 1. The second-order valence-corrected chi connectivity index (χ2v) is 6.89. The Kier molecular flexibility index (Phi) is 4.34. The number of rotatable bonds is 3. The van der Waals surface area contributed by atoms with E-state index in [2.05, 4.69) is 13.0 Å². The fraction of sp³-hybridized carbons (Fsp3) is 0.300. The molecule has 1 aromatic heterocycles. The van der Waals surface area contributed by atoms with Crippen molar-refractivity contribution >= 4 is 22.4 Å². The summed E-state index contributed by atoms with van der Waals surface area (Å²) in [6.45, 7) is 3.35. The van der Waals surface area contributed by atoms with Crippen LogP contribution in [0.4, 0.5) is 11.5 Å². The lowest BCUT2D eigenvalue weighted by Crippen LogP contribution is -3.12. The molecule has 0 aliphatic carbocycles. The molecule has 6 heteroatoms. The lowest BCUT2D eigenvalue weighted by molar-refractivity contribution is -0.865. The summed E-state index contributed by atoms with van der Waals surface area (Å²) in [5.41, 5.74) is 1.79. The maximum absolute atomic E-state index is 10.9. The molecule has 2 aromatic carbocycles. The first-order chi connectivity index (χ1) is 12.6. The molecule has 1 aliphatic rings. The molecule has 2 unspecified atom stereocenters. The number of nitro groups is 1. The van der Waals surface area contributed by atoms with Crippen molar-refractivity contribution < 1.29 is 9.82 Å². The van der Waals surface area contributed by atoms with E-state index in [1.807, 2.05) is 18.2 Å². The monoisotopic (exact) mass is 349 g/mol. The summed E-state index contributed by atoms with van der Waals surface area (Å²) in [7, 11) is 0. The molecule has 2 atom stereocenters. The minimum Gasteiger partial charge on any atom is -0.283 e. The number of quaternary nitrogens is 1. The zero-order valence-corrected chi connectivity index (χ0v) is 14.7. The number of benzene rings is 2. The topological polar surface area (TPSA) is 73.4 Å². The van der Waals surface area contributed by atoms with Crippen LogP contribution in [0, 0.1) is 10.1 Å². The van der Waals surface area contributed by atoms with E-state index in [1.54, 1.807) is 12.1 Å². The maximum atomic E-state index is 10.9. The van der Waals surface area contributed by atoms with Crippen molar-refractivity contribution in [3.63, 3.8) is 0 Å². The van der Waals surface area contributed by atoms with Gasteiger partial charge in [0, 0.05) is 17.7 Å². The van der Waals surface area contributed by atoms with E-state index < -0.39 is 4.92 Å². The van der Waals surface area contributed by atoms with Gasteiger partial charge in [0.2, 0.25) is 5.82 Å². The van der Waals surface area contributed by atoms with Gasteiger partial charge in [0.05, 0.1) is 28.4 Å². The third-order valence-electron chi connectivity index (χ3n) is 5.17. The van der Waals surface area contributed by atoms with Gasteiger partial charge in [-0.15, -0.1) is 0 Å². The third-order valence-corrected chi connectivity index (χ3v) is 5.17. The minimum atomic E-state index is -0.393. The van der Waals surface area contributed by atoms with Gasteiger partial charge in [-0.3, -0.25) is 15.0 Å². The van der Waals surface area contributed by atoms with Gasteiger partial charge in [-0.1, -0.05) is 12.1 Å². The van der Waals surface area contributed by atoms with E-state index in [1.165, 1.54) is 36.3 Å². The Bertz CT molecular complexity index is 956. The highest BCUT2D eigenvalue weighted by Crippen LogP contribution is 2.25. The van der Waals surface area contributed by atoms with Crippen LogP contribution in [0.3, 0.4) is 0 Å². The predicted octanol–water partition coefficient (Wildman–Crippen LogP) is 3.29. The summed E-state index contributed by atoms with van der Waals surface area (Å²) in [4.78, 5) is 21.5. The van der Waals surface area contributed by atoms with Crippen LogP contribution in [0.2, 0.25) is 0 Å². The van der Waals surface area contributed by atoms with Gasteiger partial charge in [-0.05, 0) is 50.5 Å². The molecule has 2 heterocycles. The van der Waals surface area contributed by atoms with Crippen LogP contribution in [0.15, 0.2) is 48.5 Å². The minimum absolute atomic E-state index is 0.0741. The fourth-order valence-electron chi connectivity index (χ4n) is 3.72. The van der Waals surface area contributed by atoms with E-state index in [0.717, 1.165) is 28.8 Å². The number of aromatic nitrogens is 2. The Morgan fingerprint density at radius 2 is 1.85 bits per heavy atom. The van der Waals surface area contributed by atoms with Crippen LogP contribution in [0.25, 0.3) is 22.3 Å². The Labute approximate surface area is 151 Å². The van der Waals surface area contributed by atoms with E-state index in [4.69, 9.17) is 9.97 Å². The number of hydrogen-bond donors (Lipinski definition) is 1. The number of hydrogen-bond acceptors (Lipinski definition) is 4. The van der Waals surface area contributed by atoms with Gasteiger partial charge in [0.25, 0.3) is 5.69 Å². The normalized spacial score (nSPS) is 20.2. The highest BCUT2D eigenvalue weighted by Gasteiger charge is 2.28. The number of piperidine rings is 1. The first kappa shape index (κ1) is 16.6. The van der Waals surface area contributed by atoms with E-state index in [0.29, 0.717) is 11.9 Å². The number of nitrogens with zero attached hydrogens (tertiary/aromatic N) is 3. The molecule has 0 radical (unpaired) electrons. The molecule has 26 heavy (non-hydrogen) atoms. The molecular weight excluding hydrogens is 328 g/mol. The molecule has 0 bridgehead atoms. The maximum Gasteiger partial charge on any atom is 0.269 e. The number of nitrogens with one attached hydrogen (secondary N) is 1. The third kappa shape index (κ3) is 3.04. The highest BCUT2D eigenvalue weighted by atomic mass is 16.6. The second kappa shape index (κ2) is 6.80. The zero-order chi connectivity index (χ0) is 18.1. The Morgan fingerprint density at radius 3 is 2.58 bits per heavy atom. The van der Waals surface area contributed by atoms with Crippen LogP contribution >= 0.6 is 0 Å². The second-order valence-electron chi connectivity index (χ2n) is 6.89. The van der Waals surface area contributed by atoms with Crippen LogP contribution in [0.5, 0.6) is 0 Å². The first-order valence-electron chi connectivity index (χ1n) is 9.01. The Morgan fingerprint density at radius 1 is 1.08 bits per heavy atom. The highest BCUT2D eigenvalue weighted by molar-refractivity contribution is 5.87. The van der Waals surface area contributed by atoms with Crippen molar-refractivity contribution in [1.29, 1.82) is 0 Å². The van der Waals surface area contributed by atoms with Gasteiger partial charge in [-0.2, -0.15) is 4.98 Å². The van der Waals surface area contributed by atoms with Crippen molar-refractivity contribution in [2.45, 2.75) is 32.2 Å². The van der Waals surface area contributed by atoms with Crippen LogP contribution in [-0.4, -0.2) is 27.5 Å². The molecule has 1 saturated heterocycles. The summed E-state index contributed by atoms with van der Waals surface area (Å²) < 4.78 is 0. The fourth-order valence-corrected chi connectivity index (χ4v) is 3.72. The molecule has 4 rings (SSSR count). The Balaban J connectivity index is 1.84. The first-order valence-corrected chi connectivity index (χ1v) is 9.01. The lowest BCUT2D eigenvalue weighted by atomic mass is 10.0. The SMILES string of the molecule is CC1CCCC[NH+]1c1nc(-c2ccc([N+](=O)[O-])cc2)nc2ccccc12. The molecule has 6 nitrogen and oxygen atoms in total. The van der Waals surface area contributed by atoms with E-state index >= 15 is 0 Å². The van der Waals surface area contributed by atoms with Crippen LogP contribution in [0.1, 0.15) is 26.2 Å². The molecule has 3 aromatic rings. The van der Waals surface area contributed by atoms with Gasteiger partial charge >= 0.3 is 0 Å².